The van der Waals surface area contributed by atoms with Crippen LogP contribution in [0.4, 0.5) is 4.79 Å². The molecule has 0 aliphatic carbocycles. The summed E-state index contributed by atoms with van der Waals surface area (Å²) < 4.78 is 0.513. The molecule has 0 atom stereocenters. The molecular formula is C9H5ClN2O3. The van der Waals surface area contributed by atoms with Gasteiger partial charge in [0.1, 0.15) is 6.33 Å². The van der Waals surface area contributed by atoms with Crippen molar-refractivity contribution in [1.29, 1.82) is 0 Å². The van der Waals surface area contributed by atoms with E-state index < -0.39 is 11.7 Å². The van der Waals surface area contributed by atoms with Gasteiger partial charge in [-0.3, -0.25) is 4.79 Å². The number of halogens is 1. The molecule has 6 heteroatoms. The molecule has 0 aliphatic heterocycles. The Morgan fingerprint density at radius 1 is 1.47 bits per heavy atom. The van der Waals surface area contributed by atoms with E-state index in [1.54, 1.807) is 12.1 Å². The smallest absolute Gasteiger partial charge is 0.419 e. The largest absolute Gasteiger partial charge is 0.464 e. The van der Waals surface area contributed by atoms with Gasteiger partial charge >= 0.3 is 6.09 Å². The summed E-state index contributed by atoms with van der Waals surface area (Å²) in [6.07, 6.45) is -0.393. The standard InChI is InChI=1S/C9H5ClN2O3/c10-5-1-2-7-6(3-5)8(13)12(4-11-7)9(14)15/h1-4H,(H,14,15). The molecule has 0 radical (unpaired) electrons. The number of aromatic nitrogens is 2. The molecule has 15 heavy (non-hydrogen) atoms. The van der Waals surface area contributed by atoms with Crippen molar-refractivity contribution in [3.8, 4) is 0 Å². The minimum Gasteiger partial charge on any atom is -0.464 e. The van der Waals surface area contributed by atoms with Gasteiger partial charge in [-0.2, -0.15) is 0 Å². The summed E-state index contributed by atoms with van der Waals surface area (Å²) in [5, 5.41) is 9.24. The first-order valence-corrected chi connectivity index (χ1v) is 4.37. The van der Waals surface area contributed by atoms with Gasteiger partial charge in [0.25, 0.3) is 5.56 Å². The molecule has 0 spiro atoms. The third kappa shape index (κ3) is 1.57. The molecule has 0 saturated heterocycles. The van der Waals surface area contributed by atoms with Crippen LogP contribution in [0.15, 0.2) is 29.3 Å². The van der Waals surface area contributed by atoms with E-state index >= 15 is 0 Å². The first-order valence-electron chi connectivity index (χ1n) is 4.00. The van der Waals surface area contributed by atoms with Crippen LogP contribution >= 0.6 is 11.6 Å². The Kier molecular flexibility index (Phi) is 2.17. The second-order valence-electron chi connectivity index (χ2n) is 2.86. The van der Waals surface area contributed by atoms with Gasteiger partial charge in [0, 0.05) is 5.02 Å². The van der Waals surface area contributed by atoms with Crippen LogP contribution in [-0.2, 0) is 0 Å². The molecule has 1 heterocycles. The number of hydrogen-bond acceptors (Lipinski definition) is 3. The van der Waals surface area contributed by atoms with E-state index in [-0.39, 0.29) is 5.39 Å². The normalized spacial score (nSPS) is 10.5. The van der Waals surface area contributed by atoms with E-state index in [9.17, 15) is 9.59 Å². The average Bonchev–Trinajstić information content (AvgIpc) is 2.19. The van der Waals surface area contributed by atoms with Crippen molar-refractivity contribution in [3.05, 3.63) is 39.9 Å². The van der Waals surface area contributed by atoms with E-state index in [4.69, 9.17) is 16.7 Å². The number of benzene rings is 1. The minimum absolute atomic E-state index is 0.187. The fraction of sp³-hybridized carbons (Fsp3) is 0. The van der Waals surface area contributed by atoms with E-state index in [0.717, 1.165) is 6.33 Å². The lowest BCUT2D eigenvalue weighted by Crippen LogP contribution is -2.25. The molecule has 0 amide bonds. The highest BCUT2D eigenvalue weighted by Crippen LogP contribution is 2.13. The van der Waals surface area contributed by atoms with E-state index in [1.807, 2.05) is 0 Å². The molecule has 1 aromatic heterocycles. The molecule has 2 aromatic rings. The molecule has 0 bridgehead atoms. The van der Waals surface area contributed by atoms with Crippen molar-refractivity contribution >= 4 is 28.6 Å². The highest BCUT2D eigenvalue weighted by Gasteiger charge is 2.08. The molecule has 1 aromatic carbocycles. The zero-order valence-electron chi connectivity index (χ0n) is 7.35. The Bertz CT molecular complexity index is 606. The summed E-state index contributed by atoms with van der Waals surface area (Å²) in [5.41, 5.74) is -0.225. The fourth-order valence-electron chi connectivity index (χ4n) is 1.23. The maximum absolute atomic E-state index is 11.6. The zero-order valence-corrected chi connectivity index (χ0v) is 8.10. The Labute approximate surface area is 88.5 Å². The molecule has 1 N–H and O–H groups in total. The highest BCUT2D eigenvalue weighted by molar-refractivity contribution is 6.31. The summed E-state index contributed by atoms with van der Waals surface area (Å²) in [5.74, 6) is 0. The maximum Gasteiger partial charge on any atom is 0.419 e. The summed E-state index contributed by atoms with van der Waals surface area (Å²) in [4.78, 5) is 26.1. The summed E-state index contributed by atoms with van der Waals surface area (Å²) >= 11 is 5.70. The number of hydrogen-bond donors (Lipinski definition) is 1. The maximum atomic E-state index is 11.6. The molecule has 2 rings (SSSR count). The van der Waals surface area contributed by atoms with Crippen molar-refractivity contribution < 1.29 is 9.90 Å². The van der Waals surface area contributed by atoms with Crippen LogP contribution in [0.25, 0.3) is 10.9 Å². The Morgan fingerprint density at radius 3 is 2.87 bits per heavy atom. The van der Waals surface area contributed by atoms with Crippen LogP contribution in [0.1, 0.15) is 0 Å². The van der Waals surface area contributed by atoms with Crippen molar-refractivity contribution in [3.63, 3.8) is 0 Å². The first kappa shape index (κ1) is 9.67. The van der Waals surface area contributed by atoms with Crippen LogP contribution in [-0.4, -0.2) is 20.8 Å². The van der Waals surface area contributed by atoms with Gasteiger partial charge in [-0.15, -0.1) is 0 Å². The van der Waals surface area contributed by atoms with E-state index in [0.29, 0.717) is 15.1 Å². The zero-order chi connectivity index (χ0) is 11.0. The summed E-state index contributed by atoms with van der Waals surface area (Å²) in [6.45, 7) is 0. The second-order valence-corrected chi connectivity index (χ2v) is 3.30. The Balaban J connectivity index is 2.89. The first-order chi connectivity index (χ1) is 7.09. The fourth-order valence-corrected chi connectivity index (χ4v) is 1.40. The lowest BCUT2D eigenvalue weighted by Gasteiger charge is -2.00. The molecule has 0 aliphatic rings. The summed E-state index contributed by atoms with van der Waals surface area (Å²) in [6, 6.07) is 4.54. The van der Waals surface area contributed by atoms with Crippen LogP contribution in [0.3, 0.4) is 0 Å². The molecule has 0 unspecified atom stereocenters. The van der Waals surface area contributed by atoms with Crippen LogP contribution in [0.5, 0.6) is 0 Å². The SMILES string of the molecule is O=C(O)n1cnc2ccc(Cl)cc2c1=O. The van der Waals surface area contributed by atoms with Crippen LogP contribution in [0.2, 0.25) is 5.02 Å². The number of carbonyl (C=O) groups is 1. The topological polar surface area (TPSA) is 72.2 Å². The minimum atomic E-state index is -1.37. The number of rotatable bonds is 0. The van der Waals surface area contributed by atoms with E-state index in [1.165, 1.54) is 6.07 Å². The molecule has 0 saturated carbocycles. The monoisotopic (exact) mass is 224 g/mol. The predicted molar refractivity (Wildman–Crippen MR) is 54.4 cm³/mol. The Hall–Kier alpha value is -1.88. The van der Waals surface area contributed by atoms with Crippen molar-refractivity contribution in [2.24, 2.45) is 0 Å². The van der Waals surface area contributed by atoms with Crippen molar-refractivity contribution in [2.75, 3.05) is 0 Å². The number of fused-ring (bicyclic) bond motifs is 1. The predicted octanol–water partition coefficient (Wildman–Crippen LogP) is 1.58. The van der Waals surface area contributed by atoms with Gasteiger partial charge in [-0.25, -0.2) is 14.3 Å². The van der Waals surface area contributed by atoms with Crippen LogP contribution < -0.4 is 5.56 Å². The number of carboxylic acid groups (broad SMARTS) is 1. The van der Waals surface area contributed by atoms with Crippen molar-refractivity contribution in [2.45, 2.75) is 0 Å². The summed E-state index contributed by atoms with van der Waals surface area (Å²) in [7, 11) is 0. The lowest BCUT2D eigenvalue weighted by molar-refractivity contribution is 0.195. The van der Waals surface area contributed by atoms with Gasteiger partial charge in [-0.05, 0) is 18.2 Å². The van der Waals surface area contributed by atoms with Gasteiger partial charge in [0.2, 0.25) is 0 Å². The Morgan fingerprint density at radius 2 is 2.20 bits per heavy atom. The van der Waals surface area contributed by atoms with Crippen LogP contribution in [0, 0.1) is 0 Å². The lowest BCUT2D eigenvalue weighted by atomic mass is 10.2. The van der Waals surface area contributed by atoms with Gasteiger partial charge in [0.15, 0.2) is 0 Å². The third-order valence-electron chi connectivity index (χ3n) is 1.93. The van der Waals surface area contributed by atoms with Gasteiger partial charge in [-0.1, -0.05) is 11.6 Å². The van der Waals surface area contributed by atoms with Gasteiger partial charge in [0.05, 0.1) is 10.9 Å². The molecule has 0 fully saturated rings. The average molecular weight is 225 g/mol. The molecule has 76 valence electrons. The van der Waals surface area contributed by atoms with Gasteiger partial charge < -0.3 is 5.11 Å². The third-order valence-corrected chi connectivity index (χ3v) is 2.16. The molecule has 5 nitrogen and oxygen atoms in total. The quantitative estimate of drug-likeness (QED) is 0.737. The second kappa shape index (κ2) is 3.36. The van der Waals surface area contributed by atoms with E-state index in [2.05, 4.69) is 4.98 Å². The number of nitrogens with zero attached hydrogens (tertiary/aromatic N) is 2. The van der Waals surface area contributed by atoms with Crippen molar-refractivity contribution in [1.82, 2.24) is 9.55 Å². The highest BCUT2D eigenvalue weighted by atomic mass is 35.5. The molecular weight excluding hydrogens is 220 g/mol.